The second kappa shape index (κ2) is 11.7. The van der Waals surface area contributed by atoms with Gasteiger partial charge in [0.05, 0.1) is 20.1 Å². The predicted molar refractivity (Wildman–Crippen MR) is 122 cm³/mol. The van der Waals surface area contributed by atoms with Gasteiger partial charge in [0, 0.05) is 37.7 Å². The molecule has 1 saturated heterocycles. The van der Waals surface area contributed by atoms with Gasteiger partial charge in [0.25, 0.3) is 5.91 Å². The topological polar surface area (TPSA) is 68.3 Å². The van der Waals surface area contributed by atoms with E-state index in [1.807, 2.05) is 29.2 Å². The molecule has 0 bridgehead atoms. The summed E-state index contributed by atoms with van der Waals surface area (Å²) in [5, 5.41) is 0.731. The van der Waals surface area contributed by atoms with Crippen LogP contribution in [-0.4, -0.2) is 68.2 Å². The molecule has 0 aliphatic carbocycles. The van der Waals surface area contributed by atoms with Crippen molar-refractivity contribution in [3.05, 3.63) is 58.6 Å². The number of rotatable bonds is 9. The summed E-state index contributed by atoms with van der Waals surface area (Å²) in [7, 11) is 1.53. The third kappa shape index (κ3) is 6.87. The van der Waals surface area contributed by atoms with Crippen LogP contribution in [-0.2, 0) is 27.3 Å². The highest BCUT2D eigenvalue weighted by atomic mass is 35.5. The first kappa shape index (κ1) is 23.9. The molecule has 0 radical (unpaired) electrons. The number of ether oxygens (including phenoxy) is 3. The van der Waals surface area contributed by atoms with Crippen molar-refractivity contribution in [2.24, 2.45) is 0 Å². The Hall–Kier alpha value is -2.77. The Labute approximate surface area is 193 Å². The summed E-state index contributed by atoms with van der Waals surface area (Å²) in [6.07, 6.45) is 0.156. The number of amides is 1. The monoisotopic (exact) mass is 460 g/mol. The van der Waals surface area contributed by atoms with Gasteiger partial charge in [0.2, 0.25) is 0 Å². The number of carbonyl (C=O) groups excluding carboxylic acids is 2. The molecule has 1 amide bonds. The smallest absolute Gasteiger partial charge is 0.310 e. The van der Waals surface area contributed by atoms with E-state index in [1.54, 1.807) is 25.1 Å². The molecule has 1 fully saturated rings. The van der Waals surface area contributed by atoms with Gasteiger partial charge >= 0.3 is 5.97 Å². The third-order valence-electron chi connectivity index (χ3n) is 5.28. The maximum atomic E-state index is 12.6. The van der Waals surface area contributed by atoms with Crippen LogP contribution in [0.3, 0.4) is 0 Å². The predicted octanol–water partition coefficient (Wildman–Crippen LogP) is 3.18. The average molecular weight is 461 g/mol. The summed E-state index contributed by atoms with van der Waals surface area (Å²) in [6, 6.07) is 13.1. The van der Waals surface area contributed by atoms with E-state index in [1.165, 1.54) is 12.7 Å². The summed E-state index contributed by atoms with van der Waals surface area (Å²) in [5.41, 5.74) is 1.96. The van der Waals surface area contributed by atoms with E-state index in [-0.39, 0.29) is 24.9 Å². The van der Waals surface area contributed by atoms with Crippen LogP contribution in [0, 0.1) is 0 Å². The minimum atomic E-state index is -0.298. The summed E-state index contributed by atoms with van der Waals surface area (Å²) in [5.74, 6) is 0.588. The van der Waals surface area contributed by atoms with Gasteiger partial charge < -0.3 is 19.1 Å². The number of benzene rings is 2. The van der Waals surface area contributed by atoms with Gasteiger partial charge in [0.1, 0.15) is 0 Å². The van der Waals surface area contributed by atoms with Crippen molar-refractivity contribution in [3.8, 4) is 11.5 Å². The molecule has 0 aromatic heterocycles. The minimum Gasteiger partial charge on any atom is -0.493 e. The molecule has 0 saturated carbocycles. The van der Waals surface area contributed by atoms with Crippen LogP contribution in [0.5, 0.6) is 11.5 Å². The number of carbonyl (C=O) groups is 2. The quantitative estimate of drug-likeness (QED) is 0.535. The summed E-state index contributed by atoms with van der Waals surface area (Å²) in [6.45, 7) is 5.81. The number of halogens is 1. The fourth-order valence-electron chi connectivity index (χ4n) is 3.55. The van der Waals surface area contributed by atoms with Crippen molar-refractivity contribution in [2.45, 2.75) is 19.9 Å². The van der Waals surface area contributed by atoms with Gasteiger partial charge in [-0.15, -0.1) is 0 Å². The normalized spacial score (nSPS) is 14.2. The SMILES string of the molecule is CCOC(=O)Cc1ccc(OCC(=O)N2CCN(Cc3ccc(Cl)cc3)CC2)c(OC)c1. The summed E-state index contributed by atoms with van der Waals surface area (Å²) >= 11 is 5.94. The molecule has 0 atom stereocenters. The number of piperazine rings is 1. The van der Waals surface area contributed by atoms with Gasteiger partial charge in [-0.25, -0.2) is 0 Å². The molecule has 8 heteroatoms. The molecule has 172 valence electrons. The van der Waals surface area contributed by atoms with Gasteiger partial charge in [0.15, 0.2) is 18.1 Å². The second-order valence-electron chi connectivity index (χ2n) is 7.54. The van der Waals surface area contributed by atoms with E-state index in [2.05, 4.69) is 4.90 Å². The zero-order valence-electron chi connectivity index (χ0n) is 18.5. The van der Waals surface area contributed by atoms with Crippen molar-refractivity contribution in [2.75, 3.05) is 46.5 Å². The largest absolute Gasteiger partial charge is 0.493 e. The van der Waals surface area contributed by atoms with E-state index in [0.29, 0.717) is 31.2 Å². The van der Waals surface area contributed by atoms with Crippen LogP contribution < -0.4 is 9.47 Å². The zero-order chi connectivity index (χ0) is 22.9. The van der Waals surface area contributed by atoms with E-state index in [9.17, 15) is 9.59 Å². The lowest BCUT2D eigenvalue weighted by atomic mass is 10.1. The Morgan fingerprint density at radius 1 is 0.969 bits per heavy atom. The Morgan fingerprint density at radius 2 is 1.66 bits per heavy atom. The van der Waals surface area contributed by atoms with E-state index in [4.69, 9.17) is 25.8 Å². The van der Waals surface area contributed by atoms with E-state index < -0.39 is 0 Å². The first-order valence-electron chi connectivity index (χ1n) is 10.7. The number of methoxy groups -OCH3 is 1. The van der Waals surface area contributed by atoms with E-state index in [0.717, 1.165) is 30.2 Å². The number of hydrogen-bond acceptors (Lipinski definition) is 6. The summed E-state index contributed by atoms with van der Waals surface area (Å²) < 4.78 is 16.1. The Bertz CT molecular complexity index is 911. The molecule has 1 aliphatic heterocycles. The Balaban J connectivity index is 1.47. The maximum absolute atomic E-state index is 12.6. The molecule has 2 aromatic rings. The fourth-order valence-corrected chi connectivity index (χ4v) is 3.68. The lowest BCUT2D eigenvalue weighted by Crippen LogP contribution is -2.49. The van der Waals surface area contributed by atoms with Crippen LogP contribution in [0.15, 0.2) is 42.5 Å². The Kier molecular flexibility index (Phi) is 8.76. The molecule has 3 rings (SSSR count). The van der Waals surface area contributed by atoms with Crippen LogP contribution >= 0.6 is 11.6 Å². The highest BCUT2D eigenvalue weighted by Gasteiger charge is 2.22. The molecule has 2 aromatic carbocycles. The average Bonchev–Trinajstić information content (AvgIpc) is 2.80. The molecule has 7 nitrogen and oxygen atoms in total. The van der Waals surface area contributed by atoms with Crippen molar-refractivity contribution in [3.63, 3.8) is 0 Å². The van der Waals surface area contributed by atoms with Gasteiger partial charge in [-0.05, 0) is 42.3 Å². The number of esters is 1. The zero-order valence-corrected chi connectivity index (χ0v) is 19.3. The fraction of sp³-hybridized carbons (Fsp3) is 0.417. The number of hydrogen-bond donors (Lipinski definition) is 0. The van der Waals surface area contributed by atoms with Crippen molar-refractivity contribution >= 4 is 23.5 Å². The van der Waals surface area contributed by atoms with E-state index >= 15 is 0 Å². The standard InChI is InChI=1S/C24H29ClN2O5/c1-3-31-24(29)15-19-6-9-21(22(14-19)30-2)32-17-23(28)27-12-10-26(11-13-27)16-18-4-7-20(25)8-5-18/h4-9,14H,3,10-13,15-17H2,1-2H3. The molecule has 0 spiro atoms. The second-order valence-corrected chi connectivity index (χ2v) is 7.98. The lowest BCUT2D eigenvalue weighted by Gasteiger charge is -2.34. The highest BCUT2D eigenvalue weighted by Crippen LogP contribution is 2.28. The molecule has 1 heterocycles. The molecule has 32 heavy (non-hydrogen) atoms. The van der Waals surface area contributed by atoms with Gasteiger partial charge in [-0.1, -0.05) is 29.8 Å². The van der Waals surface area contributed by atoms with Crippen molar-refractivity contribution < 1.29 is 23.8 Å². The van der Waals surface area contributed by atoms with Gasteiger partial charge in [-0.2, -0.15) is 0 Å². The van der Waals surface area contributed by atoms with Crippen LogP contribution in [0.1, 0.15) is 18.1 Å². The molecule has 0 unspecified atom stereocenters. The van der Waals surface area contributed by atoms with Gasteiger partial charge in [-0.3, -0.25) is 14.5 Å². The van der Waals surface area contributed by atoms with Crippen LogP contribution in [0.25, 0.3) is 0 Å². The first-order chi connectivity index (χ1) is 15.5. The molecule has 0 N–H and O–H groups in total. The van der Waals surface area contributed by atoms with Crippen molar-refractivity contribution in [1.29, 1.82) is 0 Å². The lowest BCUT2D eigenvalue weighted by molar-refractivity contribution is -0.142. The molecular weight excluding hydrogens is 432 g/mol. The minimum absolute atomic E-state index is 0.0613. The Morgan fingerprint density at radius 3 is 2.31 bits per heavy atom. The maximum Gasteiger partial charge on any atom is 0.310 e. The molecular formula is C24H29ClN2O5. The third-order valence-corrected chi connectivity index (χ3v) is 5.53. The van der Waals surface area contributed by atoms with Crippen LogP contribution in [0.2, 0.25) is 5.02 Å². The molecule has 1 aliphatic rings. The highest BCUT2D eigenvalue weighted by molar-refractivity contribution is 6.30. The first-order valence-corrected chi connectivity index (χ1v) is 11.1. The van der Waals surface area contributed by atoms with Crippen molar-refractivity contribution in [1.82, 2.24) is 9.80 Å². The summed E-state index contributed by atoms with van der Waals surface area (Å²) in [4.78, 5) is 28.4. The van der Waals surface area contributed by atoms with Crippen LogP contribution in [0.4, 0.5) is 0 Å². The number of nitrogens with zero attached hydrogens (tertiary/aromatic N) is 2.